The highest BCUT2D eigenvalue weighted by Crippen LogP contribution is 2.19. The first-order valence-corrected chi connectivity index (χ1v) is 7.03. The predicted octanol–water partition coefficient (Wildman–Crippen LogP) is 1.65. The Kier molecular flexibility index (Phi) is 5.23. The van der Waals surface area contributed by atoms with E-state index in [1.807, 2.05) is 6.26 Å². The van der Waals surface area contributed by atoms with Gasteiger partial charge in [-0.3, -0.25) is 4.79 Å². The molecule has 0 unspecified atom stereocenters. The van der Waals surface area contributed by atoms with Gasteiger partial charge in [0.2, 0.25) is 0 Å². The molecular formula is C13H19N3O2S. The second-order valence-corrected chi connectivity index (χ2v) is 6.23. The third-order valence-electron chi connectivity index (χ3n) is 2.76. The van der Waals surface area contributed by atoms with Crippen LogP contribution in [-0.4, -0.2) is 34.5 Å². The number of oxime groups is 1. The van der Waals surface area contributed by atoms with Crippen LogP contribution in [0.3, 0.4) is 0 Å². The second-order valence-electron chi connectivity index (χ2n) is 4.71. The van der Waals surface area contributed by atoms with Gasteiger partial charge < -0.3 is 16.3 Å². The lowest BCUT2D eigenvalue weighted by Crippen LogP contribution is -2.36. The SMILES string of the molecule is CSC(C)(C)CNC(=O)c1cccc(/C(N)=N/O)c1. The Labute approximate surface area is 117 Å². The fourth-order valence-electron chi connectivity index (χ4n) is 1.34. The zero-order chi connectivity index (χ0) is 14.5. The highest BCUT2D eigenvalue weighted by Gasteiger charge is 2.17. The van der Waals surface area contributed by atoms with Crippen molar-refractivity contribution in [3.8, 4) is 0 Å². The quantitative estimate of drug-likeness (QED) is 0.331. The van der Waals surface area contributed by atoms with E-state index in [0.29, 0.717) is 17.7 Å². The second kappa shape index (κ2) is 6.47. The van der Waals surface area contributed by atoms with Crippen LogP contribution < -0.4 is 11.1 Å². The molecule has 1 rings (SSSR count). The monoisotopic (exact) mass is 281 g/mol. The van der Waals surface area contributed by atoms with Gasteiger partial charge in [-0.15, -0.1) is 0 Å². The van der Waals surface area contributed by atoms with Crippen molar-refractivity contribution < 1.29 is 10.0 Å². The van der Waals surface area contributed by atoms with Gasteiger partial charge in [-0.25, -0.2) is 0 Å². The maximum Gasteiger partial charge on any atom is 0.251 e. The lowest BCUT2D eigenvalue weighted by molar-refractivity contribution is 0.0951. The minimum Gasteiger partial charge on any atom is -0.409 e. The summed E-state index contributed by atoms with van der Waals surface area (Å²) in [6.07, 6.45) is 2.01. The summed E-state index contributed by atoms with van der Waals surface area (Å²) < 4.78 is -0.0150. The van der Waals surface area contributed by atoms with Crippen LogP contribution in [-0.2, 0) is 0 Å². The van der Waals surface area contributed by atoms with Crippen LogP contribution in [0.25, 0.3) is 0 Å². The van der Waals surface area contributed by atoms with Crippen molar-refractivity contribution in [3.63, 3.8) is 0 Å². The molecule has 0 aliphatic heterocycles. The number of nitrogens with zero attached hydrogens (tertiary/aromatic N) is 1. The summed E-state index contributed by atoms with van der Waals surface area (Å²) in [5.74, 6) is -0.186. The van der Waals surface area contributed by atoms with Crippen LogP contribution in [0.15, 0.2) is 29.4 Å². The van der Waals surface area contributed by atoms with Gasteiger partial charge in [0, 0.05) is 22.4 Å². The van der Waals surface area contributed by atoms with Gasteiger partial charge in [-0.1, -0.05) is 17.3 Å². The van der Waals surface area contributed by atoms with Crippen LogP contribution in [0.4, 0.5) is 0 Å². The first-order valence-electron chi connectivity index (χ1n) is 5.81. The van der Waals surface area contributed by atoms with Crippen molar-refractivity contribution in [2.24, 2.45) is 10.9 Å². The highest BCUT2D eigenvalue weighted by atomic mass is 32.2. The Balaban J connectivity index is 2.78. The molecule has 19 heavy (non-hydrogen) atoms. The minimum absolute atomic E-state index is 0.0147. The fraction of sp³-hybridized carbons (Fsp3) is 0.385. The van der Waals surface area contributed by atoms with Gasteiger partial charge in [-0.2, -0.15) is 11.8 Å². The number of hydrogen-bond donors (Lipinski definition) is 3. The number of nitrogens with two attached hydrogens (primary N) is 1. The van der Waals surface area contributed by atoms with Crippen LogP contribution in [0.1, 0.15) is 29.8 Å². The van der Waals surface area contributed by atoms with Gasteiger partial charge in [0.05, 0.1) is 0 Å². The molecule has 0 aliphatic rings. The van der Waals surface area contributed by atoms with E-state index in [0.717, 1.165) is 0 Å². The number of amidine groups is 1. The summed E-state index contributed by atoms with van der Waals surface area (Å²) in [5.41, 5.74) is 6.49. The molecule has 1 amide bonds. The van der Waals surface area contributed by atoms with Crippen LogP contribution in [0.5, 0.6) is 0 Å². The average Bonchev–Trinajstić information content (AvgIpc) is 2.44. The molecule has 0 aromatic heterocycles. The summed E-state index contributed by atoms with van der Waals surface area (Å²) in [4.78, 5) is 12.0. The van der Waals surface area contributed by atoms with E-state index in [-0.39, 0.29) is 16.5 Å². The van der Waals surface area contributed by atoms with E-state index in [2.05, 4.69) is 24.3 Å². The molecule has 0 atom stereocenters. The zero-order valence-electron chi connectivity index (χ0n) is 11.3. The topological polar surface area (TPSA) is 87.7 Å². The Bertz CT molecular complexity index is 487. The third kappa shape index (κ3) is 4.48. The molecule has 0 bridgehead atoms. The third-order valence-corrected chi connectivity index (χ3v) is 4.01. The molecular weight excluding hydrogens is 262 g/mol. The molecule has 104 valence electrons. The summed E-state index contributed by atoms with van der Waals surface area (Å²) >= 11 is 1.69. The molecule has 6 heteroatoms. The number of carbonyl (C=O) groups excluding carboxylic acids is 1. The lowest BCUT2D eigenvalue weighted by Gasteiger charge is -2.22. The Morgan fingerprint density at radius 1 is 1.47 bits per heavy atom. The molecule has 5 nitrogen and oxygen atoms in total. The fourth-order valence-corrected chi connectivity index (χ4v) is 1.56. The van der Waals surface area contributed by atoms with Crippen LogP contribution in [0, 0.1) is 0 Å². The molecule has 0 saturated heterocycles. The van der Waals surface area contributed by atoms with E-state index in [9.17, 15) is 4.79 Å². The van der Waals surface area contributed by atoms with E-state index in [4.69, 9.17) is 10.9 Å². The Hall–Kier alpha value is -1.69. The van der Waals surface area contributed by atoms with Crippen molar-refractivity contribution in [1.29, 1.82) is 0 Å². The molecule has 0 saturated carbocycles. The molecule has 1 aromatic carbocycles. The van der Waals surface area contributed by atoms with E-state index >= 15 is 0 Å². The maximum absolute atomic E-state index is 12.0. The summed E-state index contributed by atoms with van der Waals surface area (Å²) in [5, 5.41) is 14.4. The number of hydrogen-bond acceptors (Lipinski definition) is 4. The van der Waals surface area contributed by atoms with Crippen LogP contribution >= 0.6 is 11.8 Å². The number of nitrogens with one attached hydrogen (secondary N) is 1. The number of carbonyl (C=O) groups is 1. The first kappa shape index (κ1) is 15.4. The molecule has 0 spiro atoms. The number of benzene rings is 1. The Morgan fingerprint density at radius 2 is 2.11 bits per heavy atom. The predicted molar refractivity (Wildman–Crippen MR) is 78.9 cm³/mol. The minimum atomic E-state index is -0.172. The number of thioether (sulfide) groups is 1. The summed E-state index contributed by atoms with van der Waals surface area (Å²) in [6, 6.07) is 6.66. The van der Waals surface area contributed by atoms with Gasteiger partial charge >= 0.3 is 0 Å². The lowest BCUT2D eigenvalue weighted by atomic mass is 10.1. The van der Waals surface area contributed by atoms with E-state index < -0.39 is 0 Å². The average molecular weight is 281 g/mol. The summed E-state index contributed by atoms with van der Waals surface area (Å²) in [6.45, 7) is 4.69. The van der Waals surface area contributed by atoms with Gasteiger partial charge in [0.15, 0.2) is 5.84 Å². The molecule has 1 aromatic rings. The Morgan fingerprint density at radius 3 is 2.68 bits per heavy atom. The molecule has 0 fully saturated rings. The van der Waals surface area contributed by atoms with Crippen molar-refractivity contribution in [2.75, 3.05) is 12.8 Å². The van der Waals surface area contributed by atoms with Crippen LogP contribution in [0.2, 0.25) is 0 Å². The standard InChI is InChI=1S/C13H19N3O2S/c1-13(2,19-3)8-15-12(17)10-6-4-5-9(7-10)11(14)16-18/h4-7,18H,8H2,1-3H3,(H2,14,16)(H,15,17). The molecule has 0 heterocycles. The zero-order valence-corrected chi connectivity index (χ0v) is 12.1. The van der Waals surface area contributed by atoms with Crippen molar-refractivity contribution in [2.45, 2.75) is 18.6 Å². The molecule has 0 radical (unpaired) electrons. The summed E-state index contributed by atoms with van der Waals surface area (Å²) in [7, 11) is 0. The number of rotatable bonds is 5. The van der Waals surface area contributed by atoms with Gasteiger partial charge in [-0.05, 0) is 32.2 Å². The molecule has 0 aliphatic carbocycles. The smallest absolute Gasteiger partial charge is 0.251 e. The van der Waals surface area contributed by atoms with Crippen molar-refractivity contribution in [1.82, 2.24) is 5.32 Å². The largest absolute Gasteiger partial charge is 0.409 e. The highest BCUT2D eigenvalue weighted by molar-refractivity contribution is 7.99. The van der Waals surface area contributed by atoms with Gasteiger partial charge in [0.1, 0.15) is 0 Å². The molecule has 4 N–H and O–H groups in total. The normalized spacial score (nSPS) is 12.3. The van der Waals surface area contributed by atoms with E-state index in [1.165, 1.54) is 0 Å². The van der Waals surface area contributed by atoms with E-state index in [1.54, 1.807) is 36.0 Å². The van der Waals surface area contributed by atoms with Gasteiger partial charge in [0.25, 0.3) is 5.91 Å². The van der Waals surface area contributed by atoms with Crippen molar-refractivity contribution >= 4 is 23.5 Å². The van der Waals surface area contributed by atoms with Crippen molar-refractivity contribution in [3.05, 3.63) is 35.4 Å². The number of amides is 1. The maximum atomic E-state index is 12.0. The first-order chi connectivity index (χ1) is 8.89.